The highest BCUT2D eigenvalue weighted by Gasteiger charge is 2.29. The Morgan fingerprint density at radius 2 is 1.00 bits per heavy atom. The van der Waals surface area contributed by atoms with Crippen LogP contribution in [0.15, 0.2) is 97.1 Å². The number of benzene rings is 4. The molecule has 4 rings (SSSR count). The first-order valence-electron chi connectivity index (χ1n) is 12.6. The molecule has 0 fully saturated rings. The zero-order valence-corrected chi connectivity index (χ0v) is 21.9. The van der Waals surface area contributed by atoms with Crippen molar-refractivity contribution in [2.24, 2.45) is 0 Å². The molecule has 0 amide bonds. The fourth-order valence-corrected chi connectivity index (χ4v) is 3.67. The lowest BCUT2D eigenvalue weighted by Crippen LogP contribution is -2.18. The van der Waals surface area contributed by atoms with Gasteiger partial charge in [-0.3, -0.25) is 0 Å². The second-order valence-electron chi connectivity index (χ2n) is 8.61. The van der Waals surface area contributed by atoms with E-state index in [2.05, 4.69) is 0 Å². The lowest BCUT2D eigenvalue weighted by Gasteiger charge is -2.19. The zero-order chi connectivity index (χ0) is 28.5. The minimum atomic E-state index is -0.796. The van der Waals surface area contributed by atoms with E-state index in [1.165, 1.54) is 25.1 Å². The first kappa shape index (κ1) is 27.8. The SMILES string of the molecule is CCCOC(=O)c1cc(OC(=O)c2ccccc2)c(OC(=O)c2ccccc2)c(OC(=O)c2ccccc2)c1C. The van der Waals surface area contributed by atoms with Crippen LogP contribution in [0.4, 0.5) is 0 Å². The van der Waals surface area contributed by atoms with E-state index in [4.69, 9.17) is 18.9 Å². The van der Waals surface area contributed by atoms with Crippen LogP contribution in [0.5, 0.6) is 17.2 Å². The third-order valence-corrected chi connectivity index (χ3v) is 5.73. The Hall–Kier alpha value is -5.24. The standard InChI is InChI=1S/C32H26O8/c1-3-19-37-32(36)25-20-26(38-29(33)22-13-7-4-8-14-22)28(40-31(35)24-17-11-6-12-18-24)27(21(25)2)39-30(34)23-15-9-5-10-16-23/h4-18,20H,3,19H2,1-2H3. The van der Waals surface area contributed by atoms with Crippen molar-refractivity contribution < 1.29 is 38.1 Å². The van der Waals surface area contributed by atoms with Gasteiger partial charge in [-0.05, 0) is 55.8 Å². The van der Waals surface area contributed by atoms with Crippen molar-refractivity contribution in [1.82, 2.24) is 0 Å². The highest BCUT2D eigenvalue weighted by Crippen LogP contribution is 2.43. The summed E-state index contributed by atoms with van der Waals surface area (Å²) in [5.74, 6) is -3.99. The van der Waals surface area contributed by atoms with Gasteiger partial charge in [0.1, 0.15) is 0 Å². The molecular weight excluding hydrogens is 512 g/mol. The van der Waals surface area contributed by atoms with Crippen LogP contribution in [0.1, 0.15) is 60.3 Å². The summed E-state index contributed by atoms with van der Waals surface area (Å²) in [7, 11) is 0. The summed E-state index contributed by atoms with van der Waals surface area (Å²) < 4.78 is 22.3. The fraction of sp³-hybridized carbons (Fsp3) is 0.125. The molecule has 0 N–H and O–H groups in total. The maximum atomic E-state index is 13.1. The van der Waals surface area contributed by atoms with Gasteiger partial charge in [-0.15, -0.1) is 0 Å². The molecule has 40 heavy (non-hydrogen) atoms. The van der Waals surface area contributed by atoms with Gasteiger partial charge >= 0.3 is 23.9 Å². The molecule has 8 heteroatoms. The second kappa shape index (κ2) is 13.0. The smallest absolute Gasteiger partial charge is 0.343 e. The van der Waals surface area contributed by atoms with E-state index in [1.807, 2.05) is 6.92 Å². The molecule has 0 aliphatic rings. The van der Waals surface area contributed by atoms with E-state index < -0.39 is 23.9 Å². The Labute approximate surface area is 231 Å². The Morgan fingerprint density at radius 1 is 0.575 bits per heavy atom. The van der Waals surface area contributed by atoms with Crippen LogP contribution < -0.4 is 14.2 Å². The maximum Gasteiger partial charge on any atom is 0.343 e. The summed E-state index contributed by atoms with van der Waals surface area (Å²) in [6.07, 6.45) is 0.573. The van der Waals surface area contributed by atoms with Crippen molar-refractivity contribution in [3.05, 3.63) is 125 Å². The van der Waals surface area contributed by atoms with Gasteiger partial charge in [-0.25, -0.2) is 19.2 Å². The predicted octanol–water partition coefficient (Wildman–Crippen LogP) is 6.22. The fourth-order valence-electron chi connectivity index (χ4n) is 3.67. The molecule has 0 radical (unpaired) electrons. The number of rotatable bonds is 9. The van der Waals surface area contributed by atoms with Gasteiger partial charge in [0.15, 0.2) is 11.5 Å². The van der Waals surface area contributed by atoms with Crippen LogP contribution in [0, 0.1) is 6.92 Å². The molecule has 202 valence electrons. The van der Waals surface area contributed by atoms with E-state index in [0.717, 1.165) is 0 Å². The van der Waals surface area contributed by atoms with Gasteiger partial charge in [-0.2, -0.15) is 0 Å². The van der Waals surface area contributed by atoms with Crippen molar-refractivity contribution in [2.45, 2.75) is 20.3 Å². The molecule has 0 spiro atoms. The van der Waals surface area contributed by atoms with Gasteiger partial charge in [0, 0.05) is 5.56 Å². The summed E-state index contributed by atoms with van der Waals surface area (Å²) in [5.41, 5.74) is 0.748. The van der Waals surface area contributed by atoms with Crippen LogP contribution in [0.3, 0.4) is 0 Å². The van der Waals surface area contributed by atoms with Crippen LogP contribution in [0.25, 0.3) is 0 Å². The molecular formula is C32H26O8. The summed E-state index contributed by atoms with van der Waals surface area (Å²) >= 11 is 0. The Bertz CT molecular complexity index is 1510. The normalized spacial score (nSPS) is 10.3. The Morgan fingerprint density at radius 3 is 1.45 bits per heavy atom. The lowest BCUT2D eigenvalue weighted by molar-refractivity contribution is 0.0499. The quantitative estimate of drug-likeness (QED) is 0.183. The predicted molar refractivity (Wildman–Crippen MR) is 146 cm³/mol. The molecule has 0 bridgehead atoms. The maximum absolute atomic E-state index is 13.1. The number of carbonyl (C=O) groups excluding carboxylic acids is 4. The third-order valence-electron chi connectivity index (χ3n) is 5.73. The topological polar surface area (TPSA) is 105 Å². The summed E-state index contributed by atoms with van der Waals surface area (Å²) in [4.78, 5) is 52.2. The first-order valence-corrected chi connectivity index (χ1v) is 12.6. The van der Waals surface area contributed by atoms with Gasteiger partial charge in [0.05, 0.1) is 28.9 Å². The van der Waals surface area contributed by atoms with Crippen molar-refractivity contribution in [1.29, 1.82) is 0 Å². The van der Waals surface area contributed by atoms with Crippen molar-refractivity contribution in [3.8, 4) is 17.2 Å². The monoisotopic (exact) mass is 538 g/mol. The molecule has 0 aromatic heterocycles. The van der Waals surface area contributed by atoms with E-state index in [0.29, 0.717) is 6.42 Å². The van der Waals surface area contributed by atoms with E-state index >= 15 is 0 Å². The second-order valence-corrected chi connectivity index (χ2v) is 8.61. The van der Waals surface area contributed by atoms with E-state index in [9.17, 15) is 19.2 Å². The number of hydrogen-bond donors (Lipinski definition) is 0. The number of ether oxygens (including phenoxy) is 4. The average Bonchev–Trinajstić information content (AvgIpc) is 3.00. The molecule has 0 saturated heterocycles. The molecule has 0 aliphatic heterocycles. The summed E-state index contributed by atoms with van der Waals surface area (Å²) in [5, 5.41) is 0. The van der Waals surface area contributed by atoms with Crippen molar-refractivity contribution in [2.75, 3.05) is 6.61 Å². The molecule has 0 heterocycles. The van der Waals surface area contributed by atoms with Crippen LogP contribution in [-0.4, -0.2) is 30.5 Å². The van der Waals surface area contributed by atoms with Crippen LogP contribution in [0.2, 0.25) is 0 Å². The Balaban J connectivity index is 1.86. The van der Waals surface area contributed by atoms with Crippen molar-refractivity contribution >= 4 is 23.9 Å². The summed E-state index contributed by atoms with van der Waals surface area (Å²) in [6, 6.07) is 25.6. The van der Waals surface area contributed by atoms with E-state index in [1.54, 1.807) is 78.9 Å². The molecule has 0 saturated carbocycles. The minimum Gasteiger partial charge on any atom is -0.462 e. The first-order chi connectivity index (χ1) is 19.4. The average molecular weight is 539 g/mol. The molecule has 8 nitrogen and oxygen atoms in total. The highest BCUT2D eigenvalue weighted by molar-refractivity contribution is 5.98. The van der Waals surface area contributed by atoms with E-state index in [-0.39, 0.29) is 51.7 Å². The molecule has 0 unspecified atom stereocenters. The zero-order valence-electron chi connectivity index (χ0n) is 21.9. The largest absolute Gasteiger partial charge is 0.462 e. The molecule has 4 aromatic rings. The summed E-state index contributed by atoms with van der Waals surface area (Å²) in [6.45, 7) is 3.49. The Kier molecular flexibility index (Phi) is 9.04. The van der Waals surface area contributed by atoms with Gasteiger partial charge in [-0.1, -0.05) is 61.5 Å². The van der Waals surface area contributed by atoms with Gasteiger partial charge < -0.3 is 18.9 Å². The van der Waals surface area contributed by atoms with Crippen LogP contribution >= 0.6 is 0 Å². The number of hydrogen-bond acceptors (Lipinski definition) is 8. The number of carbonyl (C=O) groups is 4. The third kappa shape index (κ3) is 6.60. The van der Waals surface area contributed by atoms with Crippen molar-refractivity contribution in [3.63, 3.8) is 0 Å². The van der Waals surface area contributed by atoms with Gasteiger partial charge in [0.2, 0.25) is 5.75 Å². The lowest BCUT2D eigenvalue weighted by atomic mass is 10.1. The molecule has 0 aliphatic carbocycles. The molecule has 4 aromatic carbocycles. The van der Waals surface area contributed by atoms with Crippen LogP contribution in [-0.2, 0) is 4.74 Å². The number of esters is 4. The molecule has 0 atom stereocenters. The van der Waals surface area contributed by atoms with Gasteiger partial charge in [0.25, 0.3) is 0 Å². The highest BCUT2D eigenvalue weighted by atomic mass is 16.6. The minimum absolute atomic E-state index is 0.0281.